The Morgan fingerprint density at radius 3 is 1.25 bits per heavy atom. The van der Waals surface area contributed by atoms with Crippen LogP contribution in [0.25, 0.3) is 0 Å². The molecule has 0 aromatic heterocycles. The molecule has 8 aliphatic rings. The summed E-state index contributed by atoms with van der Waals surface area (Å²) in [5, 5.41) is 65.1. The minimum Gasteiger partial charge on any atom is -0.480 e. The molecule has 5 saturated carbocycles. The first-order chi connectivity index (χ1) is 40.5. The number of nitriles is 3. The fourth-order valence-electron chi connectivity index (χ4n) is 12.2. The number of rotatable bonds is 11. The zero-order chi connectivity index (χ0) is 60.3. The van der Waals surface area contributed by atoms with Crippen LogP contribution in [0.1, 0.15) is 98.9 Å². The minimum absolute atomic E-state index is 0. The number of aliphatic hydroxyl groups is 3. The average molecular weight is 1190 g/mol. The van der Waals surface area contributed by atoms with Crippen LogP contribution in [0.15, 0.2) is 146 Å². The number of halogens is 2. The second kappa shape index (κ2) is 28.9. The van der Waals surface area contributed by atoms with E-state index in [4.69, 9.17) is 63.3 Å². The molecule has 11 nitrogen and oxygen atoms in total. The van der Waals surface area contributed by atoms with Gasteiger partial charge in [0.15, 0.2) is 5.90 Å². The molecule has 14 rings (SSSR count). The van der Waals surface area contributed by atoms with E-state index in [0.717, 1.165) is 61.5 Å². The molecular formula is C72H86Cl2N6O5. The maximum atomic E-state index is 9.13. The predicted octanol–water partition coefficient (Wildman–Crippen LogP) is 12.0. The highest BCUT2D eigenvalue weighted by Gasteiger charge is 2.64. The van der Waals surface area contributed by atoms with Crippen LogP contribution in [0.3, 0.4) is 0 Å². The first-order valence-electron chi connectivity index (χ1n) is 29.7. The van der Waals surface area contributed by atoms with Crippen molar-refractivity contribution in [2.75, 3.05) is 58.5 Å². The molecule has 13 heteroatoms. The second-order valence-corrected chi connectivity index (χ2v) is 25.0. The van der Waals surface area contributed by atoms with Crippen LogP contribution in [-0.4, -0.2) is 85.9 Å². The number of hydrogen-bond acceptors (Lipinski definition) is 11. The van der Waals surface area contributed by atoms with E-state index < -0.39 is 10.8 Å². The number of aryl methyl sites for hydroxylation is 6. The first kappa shape index (κ1) is 66.1. The van der Waals surface area contributed by atoms with Crippen molar-refractivity contribution in [1.29, 1.82) is 21.2 Å². The van der Waals surface area contributed by atoms with Gasteiger partial charge in [0.25, 0.3) is 0 Å². The fraction of sp³-hybridized carbons (Fsp3) is 0.444. The number of piperidine rings is 1. The van der Waals surface area contributed by atoms with Gasteiger partial charge >= 0.3 is 0 Å². The van der Waals surface area contributed by atoms with Crippen molar-refractivity contribution in [2.45, 2.75) is 113 Å². The molecule has 11 atom stereocenters. The van der Waals surface area contributed by atoms with Crippen molar-refractivity contribution in [1.82, 2.24) is 5.32 Å². The minimum atomic E-state index is -0.400. The molecule has 7 N–H and O–H groups in total. The number of fused-ring (bicyclic) bond motifs is 2. The van der Waals surface area contributed by atoms with Crippen LogP contribution < -0.4 is 11.1 Å². The van der Waals surface area contributed by atoms with Crippen LogP contribution in [0.2, 0.25) is 0 Å². The number of nitrogens with one attached hydrogen (secondary N) is 2. The van der Waals surface area contributed by atoms with Gasteiger partial charge in [0.1, 0.15) is 0 Å². The van der Waals surface area contributed by atoms with Gasteiger partial charge in [0, 0.05) is 61.5 Å². The quantitative estimate of drug-likeness (QED) is 0.0533. The molecule has 0 radical (unpaired) electrons. The largest absolute Gasteiger partial charge is 0.480 e. The summed E-state index contributed by atoms with van der Waals surface area (Å²) in [6.07, 6.45) is 6.05. The monoisotopic (exact) mass is 1180 g/mol. The number of benzene rings is 6. The van der Waals surface area contributed by atoms with Gasteiger partial charge < -0.3 is 35.8 Å². The van der Waals surface area contributed by atoms with Gasteiger partial charge in [-0.2, -0.15) is 15.8 Å². The summed E-state index contributed by atoms with van der Waals surface area (Å²) >= 11 is 5.27. The first-order valence-corrected chi connectivity index (χ1v) is 30.3. The van der Waals surface area contributed by atoms with Crippen LogP contribution in [0, 0.1) is 111 Å². The Balaban J connectivity index is 0.000000144. The number of hydrogen-bond donors (Lipinski definition) is 6. The lowest BCUT2D eigenvalue weighted by Crippen LogP contribution is -2.23. The number of alkyl halides is 1. The third kappa shape index (κ3) is 15.4. The summed E-state index contributed by atoms with van der Waals surface area (Å²) < 4.78 is 10.0. The molecule has 448 valence electrons. The van der Waals surface area contributed by atoms with Crippen LogP contribution in [0.4, 0.5) is 0 Å². The van der Waals surface area contributed by atoms with Gasteiger partial charge in [0.2, 0.25) is 0 Å². The maximum Gasteiger partial charge on any atom is 0.191 e. The maximum absolute atomic E-state index is 9.13. The van der Waals surface area contributed by atoms with Gasteiger partial charge in [0.05, 0.1) is 66.1 Å². The van der Waals surface area contributed by atoms with Crippen molar-refractivity contribution < 1.29 is 24.8 Å². The second-order valence-electron chi connectivity index (χ2n) is 24.7. The summed E-state index contributed by atoms with van der Waals surface area (Å²) in [5.74, 6) is 3.28. The third-order valence-electron chi connectivity index (χ3n) is 18.8. The number of nitrogens with two attached hydrogens (primary N) is 1. The van der Waals surface area contributed by atoms with Crippen molar-refractivity contribution in [3.8, 4) is 18.2 Å². The molecule has 0 bridgehead atoms. The Hall–Kier alpha value is -6.40. The van der Waals surface area contributed by atoms with Crippen LogP contribution in [-0.2, 0) is 43.0 Å². The molecule has 3 saturated heterocycles. The molecule has 6 aromatic carbocycles. The Bertz CT molecular complexity index is 3190. The van der Waals surface area contributed by atoms with Gasteiger partial charge in [-0.25, -0.2) is 0 Å². The van der Waals surface area contributed by atoms with Gasteiger partial charge in [-0.1, -0.05) is 179 Å². The number of ether oxygens (including phenoxy) is 2. The fourth-order valence-corrected chi connectivity index (χ4v) is 12.4. The van der Waals surface area contributed by atoms with E-state index in [0.29, 0.717) is 48.1 Å². The van der Waals surface area contributed by atoms with E-state index in [9.17, 15) is 0 Å². The molecule has 0 spiro atoms. The smallest absolute Gasteiger partial charge is 0.191 e. The Labute approximate surface area is 516 Å². The Morgan fingerprint density at radius 2 is 0.965 bits per heavy atom. The van der Waals surface area contributed by atoms with E-state index in [2.05, 4.69) is 117 Å². The van der Waals surface area contributed by atoms with Crippen LogP contribution in [0.5, 0.6) is 0 Å². The highest BCUT2D eigenvalue weighted by Crippen LogP contribution is 2.60. The van der Waals surface area contributed by atoms with E-state index in [1.165, 1.54) is 64.0 Å². The van der Waals surface area contributed by atoms with E-state index in [1.54, 1.807) is 5.56 Å². The highest BCUT2D eigenvalue weighted by molar-refractivity contribution is 6.18. The SMILES string of the molecule is Cc1ccc(CC#N)cc1.Cc1ccc([C@@]23CNCC2C3)cc1.Cc1ccc([C@]2(C#N)C[C@@H]2CO)cc1.Cc1ccc([C@]2(C#N)C[C@H]2CO)cc1.Cc1ccc([C@]2(CN)CC2CO)cc1.Cc1ccc([C@]23CC2COC3=N)cc1.Cl.ClC[C@H]1CO1. The molecule has 6 aromatic rings. The number of aliphatic hydroxyl groups excluding tert-OH is 3. The summed E-state index contributed by atoms with van der Waals surface area (Å²) in [7, 11) is 0. The van der Waals surface area contributed by atoms with Crippen LogP contribution >= 0.6 is 24.0 Å². The molecule has 3 aliphatic heterocycles. The zero-order valence-corrected chi connectivity index (χ0v) is 51.9. The Morgan fingerprint density at radius 1 is 0.553 bits per heavy atom. The van der Waals surface area contributed by atoms with Gasteiger partial charge in [-0.15, -0.1) is 24.0 Å². The van der Waals surface area contributed by atoms with Gasteiger partial charge in [-0.05, 0) is 125 Å². The number of epoxide rings is 1. The normalized spacial score (nSPS) is 28.9. The van der Waals surface area contributed by atoms with E-state index in [1.807, 2.05) is 93.6 Å². The lowest BCUT2D eigenvalue weighted by atomic mass is 9.93. The average Bonchev–Trinajstić information content (AvgIpc) is 1.72. The zero-order valence-electron chi connectivity index (χ0n) is 50.3. The molecule has 85 heavy (non-hydrogen) atoms. The van der Waals surface area contributed by atoms with Crippen molar-refractivity contribution in [3.05, 3.63) is 212 Å². The predicted molar refractivity (Wildman–Crippen MR) is 341 cm³/mol. The Kier molecular flexibility index (Phi) is 22.5. The topological polar surface area (TPSA) is 216 Å². The summed E-state index contributed by atoms with van der Waals surface area (Å²) in [6.45, 7) is 17.6. The molecule has 0 amide bonds. The summed E-state index contributed by atoms with van der Waals surface area (Å²) in [6, 6.07) is 56.9. The third-order valence-corrected chi connectivity index (χ3v) is 19.1. The molecule has 8 fully saturated rings. The summed E-state index contributed by atoms with van der Waals surface area (Å²) in [5.41, 5.74) is 20.4. The van der Waals surface area contributed by atoms with Crippen molar-refractivity contribution in [3.63, 3.8) is 0 Å². The molecule has 3 heterocycles. The van der Waals surface area contributed by atoms with E-state index >= 15 is 0 Å². The molecule has 5 aliphatic carbocycles. The van der Waals surface area contributed by atoms with Crippen molar-refractivity contribution >= 4 is 29.9 Å². The molecular weight excluding hydrogens is 1100 g/mol. The standard InChI is InChI=1S/C12H13NO.C12H17NO.2C12H13NO.C12H15N.C9H9N.C3H5ClO.ClH/c1-8-2-4-9(5-3-8)12-6-10(12)7-14-11(12)13;3*1-9-2-4-10(5-3-9)12(8-13)6-11(12)7-14;1-9-2-4-10(5-3-9)12-6-11(12)7-13-8-12;1-8-2-4-9(5-3-8)6-7-10;4-1-3-2-5-3;/h2-5,10,13H,6-7H2,1H3;2-5,11,14H,6-8,13H2,1H3;2*2-5,11,14H,6-7H2,1H3;2-5,11,13H,6-8H2,1H3;2-5H,6H2,1H3;3H,1-2H2;1H/t10?,12-;11?,12-;11-,12+;11-,12-;11?,12-;;3-;/m11011.0./s1. The van der Waals surface area contributed by atoms with Gasteiger partial charge in [-0.3, -0.25) is 5.41 Å². The van der Waals surface area contributed by atoms with Crippen molar-refractivity contribution in [2.24, 2.45) is 35.3 Å². The lowest BCUT2D eigenvalue weighted by molar-refractivity contribution is 0.264. The number of nitrogens with zero attached hydrogens (tertiary/aromatic N) is 3. The molecule has 3 unspecified atom stereocenters. The van der Waals surface area contributed by atoms with E-state index in [-0.39, 0.29) is 54.9 Å². The lowest BCUT2D eigenvalue weighted by Gasteiger charge is -2.15. The highest BCUT2D eigenvalue weighted by atomic mass is 35.5. The summed E-state index contributed by atoms with van der Waals surface area (Å²) in [4.78, 5) is 0.